The number of hydrogen-bond donors (Lipinski definition) is 0. The summed E-state index contributed by atoms with van der Waals surface area (Å²) in [6.07, 6.45) is 1.07. The van der Waals surface area contributed by atoms with Gasteiger partial charge in [0, 0.05) is 25.3 Å². The van der Waals surface area contributed by atoms with Gasteiger partial charge in [0.15, 0.2) is 0 Å². The molecule has 1 nitrogen and oxygen atoms in total. The standard InChI is InChI=1S/C17H21N/c1-5-14-10-8-9-13(2)17(14)15-11-6-7-12-16(15)18(3)4/h6-12H,5H2,1-4H3. The molecule has 0 heterocycles. The van der Waals surface area contributed by atoms with E-state index >= 15 is 0 Å². The van der Waals surface area contributed by atoms with Crippen molar-refractivity contribution in [1.29, 1.82) is 0 Å². The van der Waals surface area contributed by atoms with Crippen LogP contribution in [0, 0.1) is 6.92 Å². The van der Waals surface area contributed by atoms with Crippen LogP contribution in [0.2, 0.25) is 0 Å². The number of nitrogens with zero attached hydrogens (tertiary/aromatic N) is 1. The molecule has 0 aromatic heterocycles. The molecule has 0 bridgehead atoms. The molecule has 2 rings (SSSR count). The Morgan fingerprint density at radius 1 is 0.944 bits per heavy atom. The van der Waals surface area contributed by atoms with Gasteiger partial charge in [-0.3, -0.25) is 0 Å². The van der Waals surface area contributed by atoms with Crippen LogP contribution in [0.3, 0.4) is 0 Å². The summed E-state index contributed by atoms with van der Waals surface area (Å²) in [5.41, 5.74) is 6.77. The lowest BCUT2D eigenvalue weighted by molar-refractivity contribution is 1.11. The van der Waals surface area contributed by atoms with Gasteiger partial charge in [0.2, 0.25) is 0 Å². The third kappa shape index (κ3) is 2.26. The molecule has 0 atom stereocenters. The van der Waals surface area contributed by atoms with Gasteiger partial charge >= 0.3 is 0 Å². The fraction of sp³-hybridized carbons (Fsp3) is 0.294. The molecule has 0 fully saturated rings. The Morgan fingerprint density at radius 3 is 2.33 bits per heavy atom. The van der Waals surface area contributed by atoms with E-state index in [9.17, 15) is 0 Å². The van der Waals surface area contributed by atoms with Gasteiger partial charge in [0.05, 0.1) is 0 Å². The maximum absolute atomic E-state index is 2.23. The Kier molecular flexibility index (Phi) is 3.71. The molecule has 2 aromatic carbocycles. The van der Waals surface area contributed by atoms with E-state index in [0.29, 0.717) is 0 Å². The third-order valence-corrected chi connectivity index (χ3v) is 3.40. The fourth-order valence-electron chi connectivity index (χ4n) is 2.48. The van der Waals surface area contributed by atoms with Crippen LogP contribution >= 0.6 is 0 Å². The Morgan fingerprint density at radius 2 is 1.67 bits per heavy atom. The van der Waals surface area contributed by atoms with Gasteiger partial charge < -0.3 is 4.90 Å². The molecular weight excluding hydrogens is 218 g/mol. The van der Waals surface area contributed by atoms with E-state index < -0.39 is 0 Å². The molecule has 0 unspecified atom stereocenters. The minimum atomic E-state index is 1.07. The molecule has 0 N–H and O–H groups in total. The van der Waals surface area contributed by atoms with E-state index in [2.05, 4.69) is 75.3 Å². The second-order valence-corrected chi connectivity index (χ2v) is 4.87. The van der Waals surface area contributed by atoms with Crippen molar-refractivity contribution in [2.45, 2.75) is 20.3 Å². The van der Waals surface area contributed by atoms with E-state index in [0.717, 1.165) is 6.42 Å². The van der Waals surface area contributed by atoms with Gasteiger partial charge in [0.25, 0.3) is 0 Å². The molecular formula is C17H21N. The summed E-state index contributed by atoms with van der Waals surface area (Å²) in [5, 5.41) is 0. The van der Waals surface area contributed by atoms with Crippen molar-refractivity contribution in [2.24, 2.45) is 0 Å². The van der Waals surface area contributed by atoms with Crippen LogP contribution < -0.4 is 4.90 Å². The van der Waals surface area contributed by atoms with E-state index in [-0.39, 0.29) is 0 Å². The van der Waals surface area contributed by atoms with Crippen molar-refractivity contribution in [3.05, 3.63) is 53.6 Å². The second-order valence-electron chi connectivity index (χ2n) is 4.87. The smallest absolute Gasteiger partial charge is 0.0440 e. The lowest BCUT2D eigenvalue weighted by Gasteiger charge is -2.20. The van der Waals surface area contributed by atoms with Crippen LogP contribution in [0.25, 0.3) is 11.1 Å². The zero-order chi connectivity index (χ0) is 13.1. The molecule has 0 radical (unpaired) electrons. The maximum atomic E-state index is 2.23. The highest BCUT2D eigenvalue weighted by molar-refractivity contribution is 5.82. The molecule has 1 heteroatoms. The van der Waals surface area contributed by atoms with Gasteiger partial charge in [-0.05, 0) is 36.1 Å². The molecule has 0 saturated carbocycles. The number of para-hydroxylation sites is 1. The Hall–Kier alpha value is -1.76. The number of rotatable bonds is 3. The highest BCUT2D eigenvalue weighted by Gasteiger charge is 2.11. The average Bonchev–Trinajstić information content (AvgIpc) is 2.38. The fourth-order valence-corrected chi connectivity index (χ4v) is 2.48. The van der Waals surface area contributed by atoms with Crippen LogP contribution in [0.1, 0.15) is 18.1 Å². The highest BCUT2D eigenvalue weighted by Crippen LogP contribution is 2.34. The van der Waals surface area contributed by atoms with E-state index in [1.165, 1.54) is 27.9 Å². The van der Waals surface area contributed by atoms with Gasteiger partial charge in [-0.2, -0.15) is 0 Å². The first-order valence-corrected chi connectivity index (χ1v) is 6.50. The first-order valence-electron chi connectivity index (χ1n) is 6.50. The third-order valence-electron chi connectivity index (χ3n) is 3.40. The SMILES string of the molecule is CCc1cccc(C)c1-c1ccccc1N(C)C. The Balaban J connectivity index is 2.69. The topological polar surface area (TPSA) is 3.24 Å². The number of benzene rings is 2. The van der Waals surface area contributed by atoms with Crippen LogP contribution in [-0.2, 0) is 6.42 Å². The zero-order valence-corrected chi connectivity index (χ0v) is 11.7. The van der Waals surface area contributed by atoms with Crippen LogP contribution in [0.5, 0.6) is 0 Å². The molecule has 0 aliphatic carbocycles. The molecule has 0 aliphatic heterocycles. The lowest BCUT2D eigenvalue weighted by atomic mass is 9.92. The van der Waals surface area contributed by atoms with Crippen molar-refractivity contribution in [1.82, 2.24) is 0 Å². The van der Waals surface area contributed by atoms with Gasteiger partial charge in [0.1, 0.15) is 0 Å². The van der Waals surface area contributed by atoms with Crippen molar-refractivity contribution in [2.75, 3.05) is 19.0 Å². The van der Waals surface area contributed by atoms with Crippen molar-refractivity contribution in [3.63, 3.8) is 0 Å². The Labute approximate surface area is 110 Å². The molecule has 0 saturated heterocycles. The zero-order valence-electron chi connectivity index (χ0n) is 11.7. The summed E-state index contributed by atoms with van der Waals surface area (Å²) in [6.45, 7) is 4.41. The Bertz CT molecular complexity index is 541. The number of aryl methyl sites for hydroxylation is 2. The van der Waals surface area contributed by atoms with E-state index in [4.69, 9.17) is 0 Å². The second kappa shape index (κ2) is 5.26. The quantitative estimate of drug-likeness (QED) is 0.772. The van der Waals surface area contributed by atoms with E-state index in [1.54, 1.807) is 0 Å². The molecule has 0 spiro atoms. The molecule has 0 aliphatic rings. The summed E-state index contributed by atoms with van der Waals surface area (Å²) < 4.78 is 0. The van der Waals surface area contributed by atoms with Crippen LogP contribution in [0.15, 0.2) is 42.5 Å². The van der Waals surface area contributed by atoms with Crippen molar-refractivity contribution < 1.29 is 0 Å². The van der Waals surface area contributed by atoms with Crippen molar-refractivity contribution >= 4 is 5.69 Å². The number of hydrogen-bond acceptors (Lipinski definition) is 1. The summed E-state index contributed by atoms with van der Waals surface area (Å²) in [6, 6.07) is 15.2. The minimum Gasteiger partial charge on any atom is -0.377 e. The van der Waals surface area contributed by atoms with Gasteiger partial charge in [-0.25, -0.2) is 0 Å². The average molecular weight is 239 g/mol. The normalized spacial score (nSPS) is 10.4. The predicted octanol–water partition coefficient (Wildman–Crippen LogP) is 4.29. The monoisotopic (exact) mass is 239 g/mol. The van der Waals surface area contributed by atoms with Crippen molar-refractivity contribution in [3.8, 4) is 11.1 Å². The summed E-state index contributed by atoms with van der Waals surface area (Å²) in [5.74, 6) is 0. The largest absolute Gasteiger partial charge is 0.377 e. The van der Waals surface area contributed by atoms with Gasteiger partial charge in [-0.15, -0.1) is 0 Å². The summed E-state index contributed by atoms with van der Waals surface area (Å²) in [7, 11) is 4.20. The molecule has 0 amide bonds. The van der Waals surface area contributed by atoms with Crippen LogP contribution in [0.4, 0.5) is 5.69 Å². The maximum Gasteiger partial charge on any atom is 0.0440 e. The molecule has 2 aromatic rings. The number of anilines is 1. The van der Waals surface area contributed by atoms with Crippen LogP contribution in [-0.4, -0.2) is 14.1 Å². The minimum absolute atomic E-state index is 1.07. The van der Waals surface area contributed by atoms with E-state index in [1.807, 2.05) is 0 Å². The molecule has 94 valence electrons. The van der Waals surface area contributed by atoms with Gasteiger partial charge in [-0.1, -0.05) is 43.3 Å². The molecule has 18 heavy (non-hydrogen) atoms. The lowest BCUT2D eigenvalue weighted by Crippen LogP contribution is -2.10. The highest BCUT2D eigenvalue weighted by atomic mass is 15.1. The summed E-state index contributed by atoms with van der Waals surface area (Å²) >= 11 is 0. The summed E-state index contributed by atoms with van der Waals surface area (Å²) in [4.78, 5) is 2.18. The first kappa shape index (κ1) is 12.7. The predicted molar refractivity (Wildman–Crippen MR) is 80.3 cm³/mol. The first-order chi connectivity index (χ1) is 8.65.